The molecule has 1 aromatic rings. The van der Waals surface area contributed by atoms with Gasteiger partial charge in [-0.1, -0.05) is 57.4 Å². The molecule has 0 saturated heterocycles. The molecule has 220 valence electrons. The van der Waals surface area contributed by atoms with E-state index in [0.717, 1.165) is 31.2 Å². The molecule has 0 aliphatic carbocycles. The fraction of sp³-hybridized carbons (Fsp3) is 0.655. The lowest BCUT2D eigenvalue weighted by Gasteiger charge is -2.34. The van der Waals surface area contributed by atoms with Crippen molar-refractivity contribution in [2.45, 2.75) is 97.8 Å². The Hall–Kier alpha value is -2.75. The highest BCUT2D eigenvalue weighted by Gasteiger charge is 2.35. The number of benzene rings is 1. The quantitative estimate of drug-likeness (QED) is 0.153. The van der Waals surface area contributed by atoms with Crippen molar-refractivity contribution in [1.29, 1.82) is 0 Å². The normalized spacial score (nSPS) is 12.7. The summed E-state index contributed by atoms with van der Waals surface area (Å²) in [5, 5.41) is 5.42. The van der Waals surface area contributed by atoms with Crippen molar-refractivity contribution in [3.63, 3.8) is 0 Å². The van der Waals surface area contributed by atoms with Gasteiger partial charge in [-0.25, -0.2) is 4.79 Å². The summed E-state index contributed by atoms with van der Waals surface area (Å²) < 4.78 is 10.3. The fourth-order valence-electron chi connectivity index (χ4n) is 3.94. The highest BCUT2D eigenvalue weighted by Crippen LogP contribution is 2.24. The zero-order chi connectivity index (χ0) is 29.4. The van der Waals surface area contributed by atoms with E-state index in [1.807, 2.05) is 31.2 Å². The Balaban J connectivity index is 3.34. The first-order chi connectivity index (χ1) is 18.5. The second-order valence-corrected chi connectivity index (χ2v) is 10.7. The number of nitrogens with one attached hydrogen (secondary N) is 2. The molecule has 10 heteroatoms. The van der Waals surface area contributed by atoms with Gasteiger partial charge in [0.15, 0.2) is 0 Å². The Kier molecular flexibility index (Phi) is 15.6. The molecule has 1 aromatic carbocycles. The summed E-state index contributed by atoms with van der Waals surface area (Å²) in [4.78, 5) is 53.3. The Morgan fingerprint density at radius 1 is 1.00 bits per heavy atom. The van der Waals surface area contributed by atoms with Crippen LogP contribution in [0.15, 0.2) is 24.3 Å². The van der Waals surface area contributed by atoms with Crippen molar-refractivity contribution < 1.29 is 28.7 Å². The maximum absolute atomic E-state index is 13.9. The molecule has 0 bridgehead atoms. The minimum atomic E-state index is -1.00. The van der Waals surface area contributed by atoms with Gasteiger partial charge in [-0.05, 0) is 51.7 Å². The molecule has 0 spiro atoms. The summed E-state index contributed by atoms with van der Waals surface area (Å²) in [5.41, 5.74) is 0.997. The summed E-state index contributed by atoms with van der Waals surface area (Å²) in [6.07, 6.45) is 3.70. The van der Waals surface area contributed by atoms with Crippen LogP contribution < -0.4 is 10.6 Å². The standard InChI is InChI=1S/C29H47N3O6S/c1-7-10-11-12-19-32(27(35)23(20-39)31-28(36)38-29(4,5)6)25(22-15-13-21(8-2)14-16-22)26(34)30-18-17-24(33)37-9-3/h13-16,23,25,39H,7-12,17-20H2,1-6H3,(H,30,34)(H,31,36). The van der Waals surface area contributed by atoms with E-state index >= 15 is 0 Å². The molecule has 0 aliphatic rings. The Morgan fingerprint density at radius 3 is 2.21 bits per heavy atom. The molecule has 9 nitrogen and oxygen atoms in total. The molecule has 0 radical (unpaired) electrons. The maximum Gasteiger partial charge on any atom is 0.408 e. The summed E-state index contributed by atoms with van der Waals surface area (Å²) in [6, 6.07) is 5.59. The number of aryl methyl sites for hydroxylation is 1. The minimum absolute atomic E-state index is 0.0188. The monoisotopic (exact) mass is 565 g/mol. The number of ether oxygens (including phenoxy) is 2. The van der Waals surface area contributed by atoms with Gasteiger partial charge in [0.1, 0.15) is 17.7 Å². The zero-order valence-corrected chi connectivity index (χ0v) is 25.3. The molecule has 1 rings (SSSR count). The van der Waals surface area contributed by atoms with Crippen molar-refractivity contribution in [3.8, 4) is 0 Å². The van der Waals surface area contributed by atoms with Crippen LogP contribution in [0.1, 0.15) is 90.8 Å². The number of amides is 3. The zero-order valence-electron chi connectivity index (χ0n) is 24.4. The van der Waals surface area contributed by atoms with Gasteiger partial charge in [0.05, 0.1) is 13.0 Å². The van der Waals surface area contributed by atoms with Gasteiger partial charge >= 0.3 is 12.1 Å². The van der Waals surface area contributed by atoms with Crippen LogP contribution in [-0.2, 0) is 30.3 Å². The van der Waals surface area contributed by atoms with Gasteiger partial charge in [-0.15, -0.1) is 0 Å². The highest BCUT2D eigenvalue weighted by atomic mass is 32.1. The van der Waals surface area contributed by atoms with E-state index in [2.05, 4.69) is 30.2 Å². The topological polar surface area (TPSA) is 114 Å². The van der Waals surface area contributed by atoms with E-state index in [1.165, 1.54) is 4.90 Å². The van der Waals surface area contributed by atoms with Gasteiger partial charge in [0, 0.05) is 18.8 Å². The van der Waals surface area contributed by atoms with E-state index in [1.54, 1.807) is 27.7 Å². The fourth-order valence-corrected chi connectivity index (χ4v) is 4.18. The van der Waals surface area contributed by atoms with Crippen LogP contribution in [0.5, 0.6) is 0 Å². The van der Waals surface area contributed by atoms with Crippen molar-refractivity contribution in [2.24, 2.45) is 0 Å². The predicted molar refractivity (Wildman–Crippen MR) is 156 cm³/mol. The number of hydrogen-bond acceptors (Lipinski definition) is 7. The van der Waals surface area contributed by atoms with Crippen molar-refractivity contribution >= 4 is 36.5 Å². The number of nitrogens with zero attached hydrogens (tertiary/aromatic N) is 1. The van der Waals surface area contributed by atoms with Crippen LogP contribution in [0.3, 0.4) is 0 Å². The van der Waals surface area contributed by atoms with E-state index in [0.29, 0.717) is 18.5 Å². The molecule has 39 heavy (non-hydrogen) atoms. The molecule has 2 atom stereocenters. The number of thiol groups is 1. The lowest BCUT2D eigenvalue weighted by molar-refractivity contribution is -0.144. The summed E-state index contributed by atoms with van der Waals surface area (Å²) >= 11 is 4.32. The third-order valence-corrected chi connectivity index (χ3v) is 6.27. The molecular formula is C29H47N3O6S. The number of unbranched alkanes of at least 4 members (excludes halogenated alkanes) is 3. The van der Waals surface area contributed by atoms with Gasteiger partial charge in [-0.2, -0.15) is 12.6 Å². The SMILES string of the molecule is CCCCCCN(C(=O)C(CS)NC(=O)OC(C)(C)C)C(C(=O)NCCC(=O)OCC)c1ccc(CC)cc1. The lowest BCUT2D eigenvalue weighted by atomic mass is 10.00. The van der Waals surface area contributed by atoms with Crippen LogP contribution in [0, 0.1) is 0 Å². The molecule has 0 fully saturated rings. The van der Waals surface area contributed by atoms with Crippen molar-refractivity contribution in [3.05, 3.63) is 35.4 Å². The van der Waals surface area contributed by atoms with E-state index in [9.17, 15) is 19.2 Å². The summed E-state index contributed by atoms with van der Waals surface area (Å²) in [5.74, 6) is -1.24. The second-order valence-electron chi connectivity index (χ2n) is 10.3. The molecular weight excluding hydrogens is 518 g/mol. The van der Waals surface area contributed by atoms with Crippen molar-refractivity contribution in [1.82, 2.24) is 15.5 Å². The van der Waals surface area contributed by atoms with E-state index in [4.69, 9.17) is 9.47 Å². The first-order valence-corrected chi connectivity index (χ1v) is 14.5. The largest absolute Gasteiger partial charge is 0.466 e. The first-order valence-electron chi connectivity index (χ1n) is 13.9. The van der Waals surface area contributed by atoms with Crippen molar-refractivity contribution in [2.75, 3.05) is 25.4 Å². The molecule has 0 heterocycles. The molecule has 3 amide bonds. The number of alkyl carbamates (subject to hydrolysis) is 1. The van der Waals surface area contributed by atoms with Crippen LogP contribution in [0.25, 0.3) is 0 Å². The smallest absolute Gasteiger partial charge is 0.408 e. The molecule has 2 N–H and O–H groups in total. The van der Waals surface area contributed by atoms with E-state index in [-0.39, 0.29) is 25.3 Å². The Labute approximate surface area is 239 Å². The van der Waals surface area contributed by atoms with Crippen LogP contribution in [0.2, 0.25) is 0 Å². The highest BCUT2D eigenvalue weighted by molar-refractivity contribution is 7.80. The summed E-state index contributed by atoms with van der Waals surface area (Å²) in [6.45, 7) is 11.7. The third-order valence-electron chi connectivity index (χ3n) is 5.90. The Bertz CT molecular complexity index is 917. The number of esters is 1. The molecule has 0 saturated carbocycles. The van der Waals surface area contributed by atoms with Gasteiger partial charge in [0.2, 0.25) is 11.8 Å². The summed E-state index contributed by atoms with van der Waals surface area (Å²) in [7, 11) is 0. The van der Waals surface area contributed by atoms with Crippen LogP contribution in [0.4, 0.5) is 4.79 Å². The average molecular weight is 566 g/mol. The first kappa shape index (κ1) is 34.3. The molecule has 0 aliphatic heterocycles. The predicted octanol–water partition coefficient (Wildman–Crippen LogP) is 4.59. The number of rotatable bonds is 16. The number of hydrogen-bond donors (Lipinski definition) is 3. The maximum atomic E-state index is 13.9. The second kappa shape index (κ2) is 17.8. The Morgan fingerprint density at radius 2 is 1.67 bits per heavy atom. The van der Waals surface area contributed by atoms with Gasteiger partial charge in [-0.3, -0.25) is 14.4 Å². The van der Waals surface area contributed by atoms with E-state index < -0.39 is 41.6 Å². The van der Waals surface area contributed by atoms with Crippen LogP contribution >= 0.6 is 12.6 Å². The average Bonchev–Trinajstić information content (AvgIpc) is 2.88. The van der Waals surface area contributed by atoms with Crippen LogP contribution in [-0.4, -0.2) is 65.9 Å². The third kappa shape index (κ3) is 12.8. The minimum Gasteiger partial charge on any atom is -0.466 e. The molecule has 0 aromatic heterocycles. The number of carbonyl (C=O) groups is 4. The van der Waals surface area contributed by atoms with Gasteiger partial charge < -0.3 is 25.0 Å². The van der Waals surface area contributed by atoms with Gasteiger partial charge in [0.25, 0.3) is 0 Å². The lowest BCUT2D eigenvalue weighted by Crippen LogP contribution is -2.54. The molecule has 2 unspecified atom stereocenters. The number of carbonyl (C=O) groups excluding carboxylic acids is 4.